The van der Waals surface area contributed by atoms with E-state index in [-0.39, 0.29) is 0 Å². The molecule has 0 spiro atoms. The predicted octanol–water partition coefficient (Wildman–Crippen LogP) is 2.53. The van der Waals surface area contributed by atoms with Crippen LogP contribution in [0.1, 0.15) is 37.1 Å². The molecular formula is C16H24N4. The Morgan fingerprint density at radius 1 is 1.25 bits per heavy atom. The molecule has 0 radical (unpaired) electrons. The minimum Gasteiger partial charge on any atom is -0.316 e. The van der Waals surface area contributed by atoms with Gasteiger partial charge in [-0.25, -0.2) is 4.98 Å². The molecule has 2 rings (SSSR count). The molecule has 1 atom stereocenters. The summed E-state index contributed by atoms with van der Waals surface area (Å²) in [6.45, 7) is 4.30. The lowest BCUT2D eigenvalue weighted by Gasteiger charge is -2.18. The maximum absolute atomic E-state index is 4.31. The summed E-state index contributed by atoms with van der Waals surface area (Å²) in [6, 6.07) is 10.7. The first-order valence-corrected chi connectivity index (χ1v) is 7.39. The summed E-state index contributed by atoms with van der Waals surface area (Å²) in [7, 11) is 1.95. The molecule has 2 aromatic rings. The molecule has 0 aliphatic carbocycles. The molecule has 1 aromatic heterocycles. The maximum Gasteiger partial charge on any atom is 0.138 e. The minimum absolute atomic E-state index is 0.527. The highest BCUT2D eigenvalue weighted by Crippen LogP contribution is 2.20. The molecule has 0 aliphatic rings. The summed E-state index contributed by atoms with van der Waals surface area (Å²) in [5, 5.41) is 7.67. The number of nitrogens with one attached hydrogen (secondary N) is 1. The quantitative estimate of drug-likeness (QED) is 0.751. The third kappa shape index (κ3) is 4.17. The summed E-state index contributed by atoms with van der Waals surface area (Å²) >= 11 is 0. The van der Waals surface area contributed by atoms with Gasteiger partial charge in [0.15, 0.2) is 0 Å². The second-order valence-corrected chi connectivity index (χ2v) is 5.15. The molecule has 4 heteroatoms. The van der Waals surface area contributed by atoms with Crippen LogP contribution in [0.25, 0.3) is 0 Å². The number of benzene rings is 1. The van der Waals surface area contributed by atoms with Gasteiger partial charge in [0, 0.05) is 20.0 Å². The summed E-state index contributed by atoms with van der Waals surface area (Å²) in [5.74, 6) is 1.58. The molecule has 1 N–H and O–H groups in total. The normalized spacial score (nSPS) is 12.5. The Balaban J connectivity index is 1.97. The average Bonchev–Trinajstić information content (AvgIpc) is 2.89. The summed E-state index contributed by atoms with van der Waals surface area (Å²) in [5.41, 5.74) is 1.40. The van der Waals surface area contributed by atoms with Crippen LogP contribution >= 0.6 is 0 Å². The Morgan fingerprint density at radius 2 is 2.05 bits per heavy atom. The first kappa shape index (κ1) is 14.7. The number of rotatable bonds is 8. The van der Waals surface area contributed by atoms with Gasteiger partial charge in [0.25, 0.3) is 0 Å². The van der Waals surface area contributed by atoms with Crippen LogP contribution in [-0.4, -0.2) is 27.9 Å². The van der Waals surface area contributed by atoms with Crippen molar-refractivity contribution < 1.29 is 0 Å². The molecule has 0 saturated heterocycles. The van der Waals surface area contributed by atoms with E-state index in [4.69, 9.17) is 0 Å². The zero-order valence-corrected chi connectivity index (χ0v) is 12.4. The lowest BCUT2D eigenvalue weighted by molar-refractivity contribution is 0.535. The van der Waals surface area contributed by atoms with Crippen molar-refractivity contribution in [2.24, 2.45) is 7.05 Å². The number of hydrogen-bond donors (Lipinski definition) is 1. The van der Waals surface area contributed by atoms with Crippen LogP contribution in [-0.2, 0) is 13.5 Å². The van der Waals surface area contributed by atoms with Crippen molar-refractivity contribution >= 4 is 0 Å². The van der Waals surface area contributed by atoms with Gasteiger partial charge in [-0.1, -0.05) is 37.3 Å². The molecule has 0 fully saturated rings. The van der Waals surface area contributed by atoms with Crippen molar-refractivity contribution in [3.63, 3.8) is 0 Å². The van der Waals surface area contributed by atoms with Gasteiger partial charge in [-0.2, -0.15) is 5.10 Å². The summed E-state index contributed by atoms with van der Waals surface area (Å²) < 4.78 is 1.86. The van der Waals surface area contributed by atoms with E-state index in [0.717, 1.165) is 31.8 Å². The van der Waals surface area contributed by atoms with Crippen LogP contribution in [0, 0.1) is 0 Å². The molecule has 4 nitrogen and oxygen atoms in total. The zero-order valence-electron chi connectivity index (χ0n) is 12.4. The highest BCUT2D eigenvalue weighted by atomic mass is 15.3. The van der Waals surface area contributed by atoms with Crippen molar-refractivity contribution in [1.29, 1.82) is 0 Å². The second-order valence-electron chi connectivity index (χ2n) is 5.15. The van der Waals surface area contributed by atoms with Crippen molar-refractivity contribution in [2.45, 2.75) is 32.1 Å². The van der Waals surface area contributed by atoms with E-state index in [1.807, 2.05) is 11.7 Å². The smallest absolute Gasteiger partial charge is 0.138 e. The van der Waals surface area contributed by atoms with Gasteiger partial charge in [0.2, 0.25) is 0 Å². The molecule has 108 valence electrons. The standard InChI is InChI=1S/C16H24N4/c1-3-11-17-12-15(14-7-5-4-6-8-14)9-10-16-18-13-19-20(16)2/h4-8,13,15,17H,3,9-12H2,1-2H3. The molecule has 0 bridgehead atoms. The van der Waals surface area contributed by atoms with E-state index in [9.17, 15) is 0 Å². The van der Waals surface area contributed by atoms with Gasteiger partial charge < -0.3 is 5.32 Å². The van der Waals surface area contributed by atoms with Crippen LogP contribution in [0.3, 0.4) is 0 Å². The first-order chi connectivity index (χ1) is 9.81. The topological polar surface area (TPSA) is 42.7 Å². The third-order valence-corrected chi connectivity index (χ3v) is 3.61. The molecule has 1 heterocycles. The fraction of sp³-hybridized carbons (Fsp3) is 0.500. The van der Waals surface area contributed by atoms with E-state index in [1.165, 1.54) is 12.0 Å². The maximum atomic E-state index is 4.31. The number of nitrogens with zero attached hydrogens (tertiary/aromatic N) is 3. The first-order valence-electron chi connectivity index (χ1n) is 7.39. The number of aromatic nitrogens is 3. The van der Waals surface area contributed by atoms with Gasteiger partial charge in [-0.05, 0) is 30.9 Å². The van der Waals surface area contributed by atoms with Crippen LogP contribution in [0.5, 0.6) is 0 Å². The van der Waals surface area contributed by atoms with E-state index in [1.54, 1.807) is 6.33 Å². The van der Waals surface area contributed by atoms with E-state index < -0.39 is 0 Å². The third-order valence-electron chi connectivity index (χ3n) is 3.61. The summed E-state index contributed by atoms with van der Waals surface area (Å²) in [6.07, 6.45) is 4.85. The van der Waals surface area contributed by atoms with Crippen molar-refractivity contribution in [2.75, 3.05) is 13.1 Å². The van der Waals surface area contributed by atoms with Gasteiger partial charge in [0.05, 0.1) is 0 Å². The SMILES string of the molecule is CCCNCC(CCc1ncnn1C)c1ccccc1. The fourth-order valence-electron chi connectivity index (χ4n) is 2.41. The molecular weight excluding hydrogens is 248 g/mol. The molecule has 0 saturated carbocycles. The minimum atomic E-state index is 0.527. The van der Waals surface area contributed by atoms with Gasteiger partial charge >= 0.3 is 0 Å². The predicted molar refractivity (Wildman–Crippen MR) is 81.7 cm³/mol. The average molecular weight is 272 g/mol. The van der Waals surface area contributed by atoms with Gasteiger partial charge in [-0.15, -0.1) is 0 Å². The van der Waals surface area contributed by atoms with Crippen LogP contribution < -0.4 is 5.32 Å². The van der Waals surface area contributed by atoms with Crippen LogP contribution in [0.4, 0.5) is 0 Å². The fourth-order valence-corrected chi connectivity index (χ4v) is 2.41. The Bertz CT molecular complexity index is 492. The van der Waals surface area contributed by atoms with Crippen molar-refractivity contribution in [3.8, 4) is 0 Å². The Morgan fingerprint density at radius 3 is 2.70 bits per heavy atom. The molecule has 1 unspecified atom stereocenters. The Hall–Kier alpha value is -1.68. The Labute approximate surface area is 121 Å². The second kappa shape index (κ2) is 7.80. The van der Waals surface area contributed by atoms with E-state index >= 15 is 0 Å². The van der Waals surface area contributed by atoms with Gasteiger partial charge in [-0.3, -0.25) is 4.68 Å². The number of aryl methyl sites for hydroxylation is 2. The van der Waals surface area contributed by atoms with Crippen molar-refractivity contribution in [1.82, 2.24) is 20.1 Å². The molecule has 20 heavy (non-hydrogen) atoms. The monoisotopic (exact) mass is 272 g/mol. The molecule has 0 amide bonds. The van der Waals surface area contributed by atoms with Gasteiger partial charge in [0.1, 0.15) is 12.2 Å². The highest BCUT2D eigenvalue weighted by Gasteiger charge is 2.12. The lowest BCUT2D eigenvalue weighted by atomic mass is 9.94. The number of hydrogen-bond acceptors (Lipinski definition) is 3. The van der Waals surface area contributed by atoms with Crippen LogP contribution in [0.15, 0.2) is 36.7 Å². The molecule has 1 aromatic carbocycles. The summed E-state index contributed by atoms with van der Waals surface area (Å²) in [4.78, 5) is 4.31. The Kier molecular flexibility index (Phi) is 5.74. The van der Waals surface area contributed by atoms with E-state index in [2.05, 4.69) is 52.7 Å². The molecule has 0 aliphatic heterocycles. The van der Waals surface area contributed by atoms with Crippen LogP contribution in [0.2, 0.25) is 0 Å². The lowest BCUT2D eigenvalue weighted by Crippen LogP contribution is -2.23. The van der Waals surface area contributed by atoms with Crippen molar-refractivity contribution in [3.05, 3.63) is 48.0 Å². The zero-order chi connectivity index (χ0) is 14.2. The largest absolute Gasteiger partial charge is 0.316 e. The highest BCUT2D eigenvalue weighted by molar-refractivity contribution is 5.20. The van der Waals surface area contributed by atoms with E-state index in [0.29, 0.717) is 5.92 Å².